The lowest BCUT2D eigenvalue weighted by atomic mass is 9.83. The van der Waals surface area contributed by atoms with Crippen molar-refractivity contribution in [2.45, 2.75) is 32.3 Å². The Morgan fingerprint density at radius 1 is 1.37 bits per heavy atom. The Kier molecular flexibility index (Phi) is 5.42. The van der Waals surface area contributed by atoms with Crippen molar-refractivity contribution in [3.05, 3.63) is 33.9 Å². The Morgan fingerprint density at radius 3 is 2.59 bits per heavy atom. The SMILES string of the molecule is CCS(=O)(=O)N1CCC2(CC1)OC(=O)C(C)=C2C(=O)Nc1ccc(Br)cn1. The first-order chi connectivity index (χ1) is 12.7. The van der Waals surface area contributed by atoms with Crippen LogP contribution in [0.15, 0.2) is 33.9 Å². The number of sulfonamides is 1. The number of halogens is 1. The molecule has 1 aromatic heterocycles. The maximum absolute atomic E-state index is 12.9. The molecule has 10 heteroatoms. The number of carbonyl (C=O) groups excluding carboxylic acids is 2. The van der Waals surface area contributed by atoms with E-state index in [0.717, 1.165) is 4.47 Å². The van der Waals surface area contributed by atoms with Crippen LogP contribution in [0.3, 0.4) is 0 Å². The fourth-order valence-electron chi connectivity index (χ4n) is 3.41. The highest BCUT2D eigenvalue weighted by molar-refractivity contribution is 9.10. The molecule has 0 aromatic carbocycles. The van der Waals surface area contributed by atoms with Crippen LogP contribution in [0.5, 0.6) is 0 Å². The largest absolute Gasteiger partial charge is 0.450 e. The number of nitrogens with zero attached hydrogens (tertiary/aromatic N) is 2. The Morgan fingerprint density at radius 2 is 2.04 bits per heavy atom. The zero-order chi connectivity index (χ0) is 19.8. The molecule has 2 aliphatic rings. The molecule has 0 bridgehead atoms. The van der Waals surface area contributed by atoms with Crippen molar-refractivity contribution >= 4 is 43.6 Å². The number of aromatic nitrogens is 1. The molecule has 3 rings (SSSR count). The van der Waals surface area contributed by atoms with Crippen LogP contribution in [-0.2, 0) is 24.3 Å². The molecule has 1 N–H and O–H groups in total. The monoisotopic (exact) mass is 457 g/mol. The summed E-state index contributed by atoms with van der Waals surface area (Å²) in [5.74, 6) is -0.642. The van der Waals surface area contributed by atoms with Crippen molar-refractivity contribution in [3.8, 4) is 0 Å². The van der Waals surface area contributed by atoms with E-state index >= 15 is 0 Å². The highest BCUT2D eigenvalue weighted by Gasteiger charge is 2.51. The van der Waals surface area contributed by atoms with Gasteiger partial charge >= 0.3 is 5.97 Å². The van der Waals surface area contributed by atoms with Crippen LogP contribution >= 0.6 is 15.9 Å². The molecule has 0 atom stereocenters. The lowest BCUT2D eigenvalue weighted by Gasteiger charge is -2.38. The minimum atomic E-state index is -3.32. The first kappa shape index (κ1) is 20.0. The number of esters is 1. The number of ether oxygens (including phenoxy) is 1. The summed E-state index contributed by atoms with van der Waals surface area (Å²) in [7, 11) is -3.32. The smallest absolute Gasteiger partial charge is 0.335 e. The molecule has 1 amide bonds. The predicted octanol–water partition coefficient (Wildman–Crippen LogP) is 1.84. The summed E-state index contributed by atoms with van der Waals surface area (Å²) in [5, 5.41) is 2.69. The second kappa shape index (κ2) is 7.33. The van der Waals surface area contributed by atoms with Gasteiger partial charge in [0, 0.05) is 42.2 Å². The molecule has 2 aliphatic heterocycles. The maximum atomic E-state index is 12.9. The molecule has 0 aliphatic carbocycles. The summed E-state index contributed by atoms with van der Waals surface area (Å²) >= 11 is 3.28. The quantitative estimate of drug-likeness (QED) is 0.691. The van der Waals surface area contributed by atoms with Crippen LogP contribution in [-0.4, -0.2) is 54.0 Å². The molecule has 1 saturated heterocycles. The standard InChI is InChI=1S/C17H20BrN3O5S/c1-3-27(24,25)21-8-6-17(7-9-21)14(11(2)16(23)26-17)15(22)20-13-5-4-12(18)10-19-13/h4-5,10H,3,6-9H2,1-2H3,(H,19,20,22). The van der Waals surface area contributed by atoms with E-state index in [1.54, 1.807) is 32.2 Å². The van der Waals surface area contributed by atoms with Gasteiger partial charge in [-0.25, -0.2) is 22.5 Å². The van der Waals surface area contributed by atoms with Crippen LogP contribution in [0.1, 0.15) is 26.7 Å². The molecule has 1 spiro atoms. The van der Waals surface area contributed by atoms with Gasteiger partial charge in [0.1, 0.15) is 11.4 Å². The van der Waals surface area contributed by atoms with Gasteiger partial charge < -0.3 is 10.1 Å². The van der Waals surface area contributed by atoms with Crippen molar-refractivity contribution in [2.24, 2.45) is 0 Å². The lowest BCUT2D eigenvalue weighted by Crippen LogP contribution is -2.49. The number of carbonyl (C=O) groups is 2. The summed E-state index contributed by atoms with van der Waals surface area (Å²) in [6.07, 6.45) is 2.04. The molecule has 1 aromatic rings. The van der Waals surface area contributed by atoms with Crippen LogP contribution in [0, 0.1) is 0 Å². The lowest BCUT2D eigenvalue weighted by molar-refractivity contribution is -0.149. The third kappa shape index (κ3) is 3.78. The Balaban J connectivity index is 1.83. The van der Waals surface area contributed by atoms with Gasteiger partial charge in [-0.2, -0.15) is 0 Å². The Bertz CT molecular complexity index is 903. The zero-order valence-electron chi connectivity index (χ0n) is 15.0. The maximum Gasteiger partial charge on any atom is 0.335 e. The van der Waals surface area contributed by atoms with Gasteiger partial charge in [-0.3, -0.25) is 4.79 Å². The van der Waals surface area contributed by atoms with Crippen LogP contribution < -0.4 is 5.32 Å². The number of pyridine rings is 1. The van der Waals surface area contributed by atoms with Crippen LogP contribution in [0.2, 0.25) is 0 Å². The molecular weight excluding hydrogens is 438 g/mol. The number of nitrogens with one attached hydrogen (secondary N) is 1. The number of rotatable bonds is 4. The molecule has 146 valence electrons. The number of hydrogen-bond donors (Lipinski definition) is 1. The zero-order valence-corrected chi connectivity index (χ0v) is 17.4. The predicted molar refractivity (Wildman–Crippen MR) is 102 cm³/mol. The van der Waals surface area contributed by atoms with Gasteiger partial charge in [0.25, 0.3) is 5.91 Å². The van der Waals surface area contributed by atoms with Gasteiger partial charge in [0.05, 0.1) is 11.3 Å². The number of piperidine rings is 1. The summed E-state index contributed by atoms with van der Waals surface area (Å²) in [6, 6.07) is 3.38. The van der Waals surface area contributed by atoms with Gasteiger partial charge in [0.15, 0.2) is 0 Å². The molecule has 3 heterocycles. The van der Waals surface area contributed by atoms with Gasteiger partial charge in [-0.1, -0.05) is 0 Å². The minimum Gasteiger partial charge on any atom is -0.450 e. The fourth-order valence-corrected chi connectivity index (χ4v) is 4.75. The van der Waals surface area contributed by atoms with E-state index in [1.807, 2.05) is 0 Å². The number of amides is 1. The molecule has 1 fully saturated rings. The minimum absolute atomic E-state index is 0.0111. The molecule has 8 nitrogen and oxygen atoms in total. The van der Waals surface area contributed by atoms with E-state index in [1.165, 1.54) is 4.31 Å². The highest BCUT2D eigenvalue weighted by atomic mass is 79.9. The third-order valence-electron chi connectivity index (χ3n) is 4.91. The third-order valence-corrected chi connectivity index (χ3v) is 7.26. The number of hydrogen-bond acceptors (Lipinski definition) is 6. The molecular formula is C17H20BrN3O5S. The first-order valence-electron chi connectivity index (χ1n) is 8.54. The van der Waals surface area contributed by atoms with E-state index in [0.29, 0.717) is 5.82 Å². The summed E-state index contributed by atoms with van der Waals surface area (Å²) < 4.78 is 31.9. The highest BCUT2D eigenvalue weighted by Crippen LogP contribution is 2.41. The molecule has 0 saturated carbocycles. The van der Waals surface area contributed by atoms with Gasteiger partial charge in [-0.15, -0.1) is 0 Å². The van der Waals surface area contributed by atoms with Crippen molar-refractivity contribution in [2.75, 3.05) is 24.2 Å². The average Bonchev–Trinajstić information content (AvgIpc) is 2.87. The van der Waals surface area contributed by atoms with E-state index in [4.69, 9.17) is 4.74 Å². The summed E-state index contributed by atoms with van der Waals surface area (Å²) in [5.41, 5.74) is -0.595. The average molecular weight is 458 g/mol. The van der Waals surface area contributed by atoms with Crippen LogP contribution in [0.25, 0.3) is 0 Å². The van der Waals surface area contributed by atoms with Gasteiger partial charge in [0.2, 0.25) is 10.0 Å². The molecule has 0 radical (unpaired) electrons. The fraction of sp³-hybridized carbons (Fsp3) is 0.471. The summed E-state index contributed by atoms with van der Waals surface area (Å²) in [4.78, 5) is 29.2. The Labute approximate surface area is 166 Å². The second-order valence-corrected chi connectivity index (χ2v) is 9.67. The molecule has 27 heavy (non-hydrogen) atoms. The van der Waals surface area contributed by atoms with Crippen molar-refractivity contribution in [1.82, 2.24) is 9.29 Å². The summed E-state index contributed by atoms with van der Waals surface area (Å²) in [6.45, 7) is 3.54. The van der Waals surface area contributed by atoms with Gasteiger partial charge in [-0.05, 0) is 41.9 Å². The first-order valence-corrected chi connectivity index (χ1v) is 10.9. The Hall–Kier alpha value is -1.78. The van der Waals surface area contributed by atoms with Crippen molar-refractivity contribution < 1.29 is 22.7 Å². The van der Waals surface area contributed by atoms with Crippen molar-refractivity contribution in [3.63, 3.8) is 0 Å². The van der Waals surface area contributed by atoms with E-state index < -0.39 is 27.5 Å². The topological polar surface area (TPSA) is 106 Å². The van der Waals surface area contributed by atoms with E-state index in [9.17, 15) is 18.0 Å². The van der Waals surface area contributed by atoms with E-state index in [-0.39, 0.29) is 42.8 Å². The number of anilines is 1. The normalized spacial score (nSPS) is 20.0. The van der Waals surface area contributed by atoms with Crippen molar-refractivity contribution in [1.29, 1.82) is 0 Å². The molecule has 0 unspecified atom stereocenters. The second-order valence-electron chi connectivity index (χ2n) is 6.50. The van der Waals surface area contributed by atoms with Crippen LogP contribution in [0.4, 0.5) is 5.82 Å². The van der Waals surface area contributed by atoms with E-state index in [2.05, 4.69) is 26.2 Å².